The predicted molar refractivity (Wildman–Crippen MR) is 141 cm³/mol. The van der Waals surface area contributed by atoms with Gasteiger partial charge in [0.25, 0.3) is 0 Å². The lowest BCUT2D eigenvalue weighted by atomic mass is 10.0. The summed E-state index contributed by atoms with van der Waals surface area (Å²) in [6.45, 7) is 0. The maximum absolute atomic E-state index is 14.2. The number of ether oxygens (including phenoxy) is 1. The van der Waals surface area contributed by atoms with Crippen LogP contribution in [0.3, 0.4) is 0 Å². The summed E-state index contributed by atoms with van der Waals surface area (Å²) in [7, 11) is -9.07. The van der Waals surface area contributed by atoms with Crippen LogP contribution >= 0.6 is 22.1 Å². The van der Waals surface area contributed by atoms with Crippen LogP contribution in [0, 0.1) is 0 Å². The molecule has 16 heteroatoms. The molecular weight excluding hydrogens is 643 g/mol. The maximum Gasteiger partial charge on any atom is 0.460 e. The molecule has 4 nitrogen and oxygen atoms in total. The van der Waals surface area contributed by atoms with Gasteiger partial charge in [-0.25, -0.2) is 3.63 Å². The van der Waals surface area contributed by atoms with Crippen molar-refractivity contribution in [3.05, 3.63) is 90.0 Å². The highest BCUT2D eigenvalue weighted by Crippen LogP contribution is 2.59. The summed E-state index contributed by atoms with van der Waals surface area (Å²) >= 11 is 1.53. The fourth-order valence-corrected chi connectivity index (χ4v) is 8.11. The molecule has 0 bridgehead atoms. The highest BCUT2D eigenvalue weighted by molar-refractivity contribution is 8.32. The average Bonchev–Trinajstić information content (AvgIpc) is 2.89. The minimum absolute atomic E-state index is 0.124. The lowest BCUT2D eigenvalue weighted by Gasteiger charge is -2.36. The van der Waals surface area contributed by atoms with Crippen LogP contribution in [0.2, 0.25) is 0 Å². The van der Waals surface area contributed by atoms with Crippen LogP contribution in [0.4, 0.5) is 39.5 Å². The lowest BCUT2D eigenvalue weighted by Crippen LogP contribution is -2.63. The Labute approximate surface area is 241 Å². The van der Waals surface area contributed by atoms with E-state index in [4.69, 9.17) is 4.74 Å². The van der Waals surface area contributed by atoms with Gasteiger partial charge in [-0.2, -0.15) is 47.9 Å². The quantitative estimate of drug-likeness (QED) is 0.192. The van der Waals surface area contributed by atoms with Crippen molar-refractivity contribution in [1.29, 1.82) is 0 Å². The molecule has 0 saturated heterocycles. The van der Waals surface area contributed by atoms with Gasteiger partial charge < -0.3 is 4.74 Å². The molecule has 0 radical (unpaired) electrons. The smallest absolute Gasteiger partial charge is 0.372 e. The Kier molecular flexibility index (Phi) is 9.69. The molecule has 0 saturated carbocycles. The van der Waals surface area contributed by atoms with Gasteiger partial charge in [0.2, 0.25) is 0 Å². The normalized spacial score (nSPS) is 15.0. The molecular formula is C26H23F9O4S3. The van der Waals surface area contributed by atoms with E-state index in [9.17, 15) is 47.9 Å². The molecule has 42 heavy (non-hydrogen) atoms. The first-order valence-corrected chi connectivity index (χ1v) is 16.1. The van der Waals surface area contributed by atoms with Gasteiger partial charge in [-0.3, -0.25) is 0 Å². The van der Waals surface area contributed by atoms with E-state index in [2.05, 4.69) is 3.63 Å². The largest absolute Gasteiger partial charge is 0.460 e. The summed E-state index contributed by atoms with van der Waals surface area (Å²) in [6, 6.07) is 22.2. The Bertz CT molecular complexity index is 1460. The predicted octanol–water partition coefficient (Wildman–Crippen LogP) is 8.68. The first kappa shape index (κ1) is 34.1. The molecule has 0 aliphatic rings. The Morgan fingerprint density at radius 3 is 1.57 bits per heavy atom. The van der Waals surface area contributed by atoms with Crippen LogP contribution < -0.4 is 0 Å². The van der Waals surface area contributed by atoms with Crippen LogP contribution in [0.15, 0.2) is 93.5 Å². The molecule has 232 valence electrons. The van der Waals surface area contributed by atoms with E-state index in [0.717, 1.165) is 22.3 Å². The Morgan fingerprint density at radius 2 is 1.12 bits per heavy atom. The van der Waals surface area contributed by atoms with Crippen molar-refractivity contribution in [2.24, 2.45) is 0 Å². The van der Waals surface area contributed by atoms with Crippen LogP contribution in [0.1, 0.15) is 17.2 Å². The maximum atomic E-state index is 14.2. The molecule has 0 fully saturated rings. The molecule has 0 N–H and O–H groups in total. The van der Waals surface area contributed by atoms with E-state index >= 15 is 0 Å². The second-order valence-electron chi connectivity index (χ2n) is 9.09. The van der Waals surface area contributed by atoms with E-state index in [0.29, 0.717) is 11.1 Å². The zero-order valence-electron chi connectivity index (χ0n) is 21.8. The SMILES string of the molecule is COC(c1ccc(Sc2ccccc2)cc1)c1ccc(S(C)(C)OS(=O)(=O)C(F)(F)C(F)(F)C(F)(F)C(F)(F)F)cc1. The number of methoxy groups -OCH3 is 1. The second kappa shape index (κ2) is 11.9. The van der Waals surface area contributed by atoms with Crippen molar-refractivity contribution < 1.29 is 56.3 Å². The topological polar surface area (TPSA) is 52.6 Å². The molecule has 1 unspecified atom stereocenters. The van der Waals surface area contributed by atoms with Crippen LogP contribution in [0.25, 0.3) is 0 Å². The van der Waals surface area contributed by atoms with Gasteiger partial charge in [0, 0.05) is 21.8 Å². The van der Waals surface area contributed by atoms with Crippen molar-refractivity contribution in [1.82, 2.24) is 0 Å². The monoisotopic (exact) mass is 666 g/mol. The minimum Gasteiger partial charge on any atom is -0.372 e. The van der Waals surface area contributed by atoms with Crippen molar-refractivity contribution in [2.75, 3.05) is 19.6 Å². The summed E-state index contributed by atoms with van der Waals surface area (Å²) < 4.78 is 153. The third-order valence-corrected chi connectivity index (χ3v) is 11.2. The second-order valence-corrected chi connectivity index (χ2v) is 15.1. The van der Waals surface area contributed by atoms with Gasteiger partial charge in [-0.05, 0) is 60.0 Å². The number of benzene rings is 3. The van der Waals surface area contributed by atoms with E-state index in [-0.39, 0.29) is 4.90 Å². The van der Waals surface area contributed by atoms with Crippen molar-refractivity contribution in [3.8, 4) is 0 Å². The Hall–Kier alpha value is -2.40. The first-order valence-electron chi connectivity index (χ1n) is 11.5. The minimum atomic E-state index is -7.38. The molecule has 3 aromatic carbocycles. The fourth-order valence-electron chi connectivity index (χ4n) is 3.59. The summed E-state index contributed by atoms with van der Waals surface area (Å²) in [6.07, 6.45) is -6.00. The Balaban J connectivity index is 1.82. The van der Waals surface area contributed by atoms with Crippen molar-refractivity contribution in [2.45, 2.75) is 44.1 Å². The molecule has 0 amide bonds. The molecule has 0 aliphatic carbocycles. The van der Waals surface area contributed by atoms with Crippen molar-refractivity contribution in [3.63, 3.8) is 0 Å². The van der Waals surface area contributed by atoms with E-state index in [1.807, 2.05) is 42.5 Å². The van der Waals surface area contributed by atoms with Crippen LogP contribution in [-0.4, -0.2) is 51.3 Å². The third kappa shape index (κ3) is 6.56. The van der Waals surface area contributed by atoms with Gasteiger partial charge in [-0.15, -0.1) is 0 Å². The summed E-state index contributed by atoms with van der Waals surface area (Å²) in [4.78, 5) is 1.84. The number of hydrogen-bond acceptors (Lipinski definition) is 5. The zero-order valence-corrected chi connectivity index (χ0v) is 24.3. The highest BCUT2D eigenvalue weighted by atomic mass is 32.3. The van der Waals surface area contributed by atoms with Gasteiger partial charge in [-0.1, -0.05) is 64.5 Å². The number of rotatable bonds is 11. The van der Waals surface area contributed by atoms with Crippen LogP contribution in [-0.2, 0) is 18.5 Å². The number of alkyl halides is 9. The molecule has 1 atom stereocenters. The molecule has 3 aromatic rings. The first-order chi connectivity index (χ1) is 19.2. The zero-order chi connectivity index (χ0) is 31.8. The van der Waals surface area contributed by atoms with Crippen LogP contribution in [0.5, 0.6) is 0 Å². The van der Waals surface area contributed by atoms with Gasteiger partial charge in [0.05, 0.1) is 0 Å². The van der Waals surface area contributed by atoms with E-state index in [1.165, 1.54) is 43.1 Å². The molecule has 3 rings (SSSR count). The van der Waals surface area contributed by atoms with E-state index < -0.39 is 49.8 Å². The van der Waals surface area contributed by atoms with Gasteiger partial charge in [0.15, 0.2) is 0 Å². The highest BCUT2D eigenvalue weighted by Gasteiger charge is 2.86. The number of hydrogen-bond donors (Lipinski definition) is 0. The Morgan fingerprint density at radius 1 is 0.667 bits per heavy atom. The van der Waals surface area contributed by atoms with Gasteiger partial charge >= 0.3 is 33.4 Å². The lowest BCUT2D eigenvalue weighted by molar-refractivity contribution is -0.382. The standard InChI is InChI=1S/C26H23F9O4S3/c1-38-22(17-9-13-20(14-10-17)40-19-7-5-4-6-8-19)18-11-15-21(16-12-18)41(2,3)39-42(36,37)26(34,35)24(29,30)23(27,28)25(31,32)33/h4-16,22H,1-3H3. The summed E-state index contributed by atoms with van der Waals surface area (Å²) in [5, 5.41) is -6.94. The summed E-state index contributed by atoms with van der Waals surface area (Å²) in [5.41, 5.74) is 1.21. The van der Waals surface area contributed by atoms with Crippen molar-refractivity contribution >= 4 is 32.2 Å². The molecule has 0 spiro atoms. The number of halogens is 9. The molecule has 0 aromatic heterocycles. The molecule has 0 heterocycles. The molecule has 0 aliphatic heterocycles. The average molecular weight is 667 g/mol. The third-order valence-electron chi connectivity index (χ3n) is 5.84. The fraction of sp³-hybridized carbons (Fsp3) is 0.308. The van der Waals surface area contributed by atoms with Gasteiger partial charge in [0.1, 0.15) is 6.10 Å². The van der Waals surface area contributed by atoms with E-state index in [1.54, 1.807) is 12.1 Å². The summed E-state index contributed by atoms with van der Waals surface area (Å²) in [5.74, 6) is -14.8.